The summed E-state index contributed by atoms with van der Waals surface area (Å²) in [6, 6.07) is 9.68. The van der Waals surface area contributed by atoms with Crippen molar-refractivity contribution in [1.29, 1.82) is 0 Å². The molecule has 1 heterocycles. The van der Waals surface area contributed by atoms with Gasteiger partial charge in [-0.05, 0) is 12.5 Å². The first-order valence-corrected chi connectivity index (χ1v) is 7.51. The van der Waals surface area contributed by atoms with Crippen LogP contribution in [0.2, 0.25) is 0 Å². The number of esters is 1. The Morgan fingerprint density at radius 3 is 2.61 bits per heavy atom. The summed E-state index contributed by atoms with van der Waals surface area (Å²) in [7, 11) is 0. The number of rotatable bonds is 4. The Labute approximate surface area is 113 Å². The van der Waals surface area contributed by atoms with E-state index in [1.54, 1.807) is 0 Å². The van der Waals surface area contributed by atoms with Crippen molar-refractivity contribution >= 4 is 17.7 Å². The zero-order valence-corrected chi connectivity index (χ0v) is 11.5. The lowest BCUT2D eigenvalue weighted by molar-refractivity contribution is -0.149. The molecule has 18 heavy (non-hydrogen) atoms. The van der Waals surface area contributed by atoms with E-state index in [0.29, 0.717) is 6.61 Å². The third kappa shape index (κ3) is 3.27. The average molecular weight is 265 g/mol. The normalized spacial score (nSPS) is 18.3. The zero-order chi connectivity index (χ0) is 12.8. The highest BCUT2D eigenvalue weighted by Crippen LogP contribution is 2.25. The number of hydrogen-bond donors (Lipinski definition) is 0. The molecule has 1 atom stereocenters. The predicted molar refractivity (Wildman–Crippen MR) is 74.7 cm³/mol. The van der Waals surface area contributed by atoms with Crippen LogP contribution in [0.15, 0.2) is 30.3 Å². The number of carbonyl (C=O) groups excluding carboxylic acids is 1. The number of carbonyl (C=O) groups is 1. The molecule has 1 aromatic rings. The van der Waals surface area contributed by atoms with E-state index in [9.17, 15) is 4.79 Å². The first kappa shape index (κ1) is 13.4. The molecule has 0 amide bonds. The summed E-state index contributed by atoms with van der Waals surface area (Å²) < 4.78 is 5.22. The summed E-state index contributed by atoms with van der Waals surface area (Å²) in [5.41, 5.74) is 1.03. The number of thioether (sulfide) groups is 1. The SMILES string of the molecule is CCOC(=O)C(c1ccccc1)N1CCSCC1. The summed E-state index contributed by atoms with van der Waals surface area (Å²) in [4.78, 5) is 14.4. The van der Waals surface area contributed by atoms with Crippen LogP contribution in [0.3, 0.4) is 0 Å². The Kier molecular flexibility index (Phi) is 5.08. The van der Waals surface area contributed by atoms with E-state index in [0.717, 1.165) is 30.2 Å². The van der Waals surface area contributed by atoms with Crippen molar-refractivity contribution in [3.63, 3.8) is 0 Å². The Morgan fingerprint density at radius 1 is 1.33 bits per heavy atom. The van der Waals surface area contributed by atoms with Crippen LogP contribution < -0.4 is 0 Å². The van der Waals surface area contributed by atoms with Crippen molar-refractivity contribution in [1.82, 2.24) is 4.90 Å². The molecule has 4 heteroatoms. The van der Waals surface area contributed by atoms with Crippen LogP contribution in [0.25, 0.3) is 0 Å². The first-order valence-electron chi connectivity index (χ1n) is 6.36. The number of hydrogen-bond acceptors (Lipinski definition) is 4. The van der Waals surface area contributed by atoms with E-state index in [4.69, 9.17) is 4.74 Å². The maximum absolute atomic E-state index is 12.2. The lowest BCUT2D eigenvalue weighted by Crippen LogP contribution is -2.40. The molecule has 1 aliphatic heterocycles. The van der Waals surface area contributed by atoms with Crippen LogP contribution in [-0.2, 0) is 9.53 Å². The van der Waals surface area contributed by atoms with Crippen LogP contribution in [0.4, 0.5) is 0 Å². The molecule has 1 fully saturated rings. The molecule has 1 saturated heterocycles. The van der Waals surface area contributed by atoms with Crippen molar-refractivity contribution < 1.29 is 9.53 Å². The van der Waals surface area contributed by atoms with E-state index >= 15 is 0 Å². The molecule has 98 valence electrons. The summed E-state index contributed by atoms with van der Waals surface area (Å²) in [6.45, 7) is 4.18. The van der Waals surface area contributed by atoms with Crippen LogP contribution in [-0.4, -0.2) is 42.1 Å². The number of benzene rings is 1. The minimum Gasteiger partial charge on any atom is -0.465 e. The van der Waals surface area contributed by atoms with Gasteiger partial charge in [-0.3, -0.25) is 4.90 Å². The number of nitrogens with zero attached hydrogens (tertiary/aromatic N) is 1. The van der Waals surface area contributed by atoms with Gasteiger partial charge >= 0.3 is 5.97 Å². The molecule has 2 rings (SSSR count). The van der Waals surface area contributed by atoms with Gasteiger partial charge in [0.2, 0.25) is 0 Å². The Morgan fingerprint density at radius 2 is 2.00 bits per heavy atom. The lowest BCUT2D eigenvalue weighted by Gasteiger charge is -2.32. The minimum atomic E-state index is -0.243. The second-order valence-electron chi connectivity index (χ2n) is 4.21. The van der Waals surface area contributed by atoms with Crippen molar-refractivity contribution in [2.45, 2.75) is 13.0 Å². The van der Waals surface area contributed by atoms with Crippen molar-refractivity contribution in [2.75, 3.05) is 31.2 Å². The van der Waals surface area contributed by atoms with Gasteiger partial charge in [-0.25, -0.2) is 4.79 Å². The highest BCUT2D eigenvalue weighted by atomic mass is 32.2. The molecule has 0 saturated carbocycles. The van der Waals surface area contributed by atoms with Gasteiger partial charge in [0.15, 0.2) is 0 Å². The molecular weight excluding hydrogens is 246 g/mol. The van der Waals surface area contributed by atoms with Crippen molar-refractivity contribution in [2.24, 2.45) is 0 Å². The molecular formula is C14H19NO2S. The van der Waals surface area contributed by atoms with E-state index in [1.165, 1.54) is 0 Å². The van der Waals surface area contributed by atoms with E-state index < -0.39 is 0 Å². The fourth-order valence-corrected chi connectivity index (χ4v) is 3.12. The molecule has 0 N–H and O–H groups in total. The fourth-order valence-electron chi connectivity index (χ4n) is 2.19. The number of ether oxygens (including phenoxy) is 1. The van der Waals surface area contributed by atoms with E-state index in [1.807, 2.05) is 49.0 Å². The van der Waals surface area contributed by atoms with Crippen molar-refractivity contribution in [3.8, 4) is 0 Å². The van der Waals surface area contributed by atoms with Gasteiger partial charge in [0.05, 0.1) is 6.61 Å². The molecule has 3 nitrogen and oxygen atoms in total. The Bertz CT molecular complexity index is 377. The summed E-state index contributed by atoms with van der Waals surface area (Å²) >= 11 is 1.94. The predicted octanol–water partition coefficient (Wildman–Crippen LogP) is 2.34. The molecule has 0 bridgehead atoms. The maximum Gasteiger partial charge on any atom is 0.328 e. The van der Waals surface area contributed by atoms with Gasteiger partial charge in [0, 0.05) is 24.6 Å². The third-order valence-electron chi connectivity index (χ3n) is 3.04. The highest BCUT2D eigenvalue weighted by Gasteiger charge is 2.29. The molecule has 1 aliphatic rings. The van der Waals surface area contributed by atoms with Gasteiger partial charge < -0.3 is 4.74 Å². The van der Waals surface area contributed by atoms with Crippen molar-refractivity contribution in [3.05, 3.63) is 35.9 Å². The average Bonchev–Trinajstić information content (AvgIpc) is 2.42. The quantitative estimate of drug-likeness (QED) is 0.782. The topological polar surface area (TPSA) is 29.5 Å². The fraction of sp³-hybridized carbons (Fsp3) is 0.500. The van der Waals surface area contributed by atoms with Gasteiger partial charge in [-0.15, -0.1) is 0 Å². The van der Waals surface area contributed by atoms with Crippen LogP contribution >= 0.6 is 11.8 Å². The summed E-state index contributed by atoms with van der Waals surface area (Å²) in [5, 5.41) is 0. The first-order chi connectivity index (χ1) is 8.83. The molecule has 1 unspecified atom stereocenters. The van der Waals surface area contributed by atoms with E-state index in [-0.39, 0.29) is 12.0 Å². The van der Waals surface area contributed by atoms with Gasteiger partial charge in [0.25, 0.3) is 0 Å². The molecule has 1 aromatic carbocycles. The lowest BCUT2D eigenvalue weighted by atomic mass is 10.1. The van der Waals surface area contributed by atoms with E-state index in [2.05, 4.69) is 4.90 Å². The van der Waals surface area contributed by atoms with Gasteiger partial charge in [-0.2, -0.15) is 11.8 Å². The van der Waals surface area contributed by atoms with Gasteiger partial charge in [0.1, 0.15) is 6.04 Å². The monoisotopic (exact) mass is 265 g/mol. The molecule has 0 aliphatic carbocycles. The standard InChI is InChI=1S/C14H19NO2S/c1-2-17-14(16)13(12-6-4-3-5-7-12)15-8-10-18-11-9-15/h3-7,13H,2,8-11H2,1H3. The minimum absolute atomic E-state index is 0.129. The van der Waals surface area contributed by atoms with Crippen LogP contribution in [0, 0.1) is 0 Å². The molecule has 0 radical (unpaired) electrons. The molecule has 0 spiro atoms. The smallest absolute Gasteiger partial charge is 0.328 e. The van der Waals surface area contributed by atoms with Crippen LogP contribution in [0.5, 0.6) is 0 Å². The zero-order valence-electron chi connectivity index (χ0n) is 10.7. The largest absolute Gasteiger partial charge is 0.465 e. The molecule has 0 aromatic heterocycles. The maximum atomic E-state index is 12.2. The third-order valence-corrected chi connectivity index (χ3v) is 3.98. The Hall–Kier alpha value is -1.00. The summed E-state index contributed by atoms with van der Waals surface area (Å²) in [6.07, 6.45) is 0. The van der Waals surface area contributed by atoms with Gasteiger partial charge in [-0.1, -0.05) is 30.3 Å². The Balaban J connectivity index is 2.19. The summed E-state index contributed by atoms with van der Waals surface area (Å²) in [5.74, 6) is 2.04. The second kappa shape index (κ2) is 6.81. The second-order valence-corrected chi connectivity index (χ2v) is 5.44. The van der Waals surface area contributed by atoms with Crippen LogP contribution in [0.1, 0.15) is 18.5 Å². The highest BCUT2D eigenvalue weighted by molar-refractivity contribution is 7.99.